The van der Waals surface area contributed by atoms with Crippen LogP contribution < -0.4 is 0 Å². The van der Waals surface area contributed by atoms with Gasteiger partial charge in [0.2, 0.25) is 5.91 Å². The van der Waals surface area contributed by atoms with Crippen LogP contribution >= 0.6 is 0 Å². The first-order valence-corrected chi connectivity index (χ1v) is 8.94. The Labute approximate surface area is 136 Å². The van der Waals surface area contributed by atoms with Crippen molar-refractivity contribution in [3.05, 3.63) is 53.4 Å². The zero-order chi connectivity index (χ0) is 17.0. The van der Waals surface area contributed by atoms with Crippen LogP contribution in [0.25, 0.3) is 0 Å². The molecule has 0 N–H and O–H groups in total. The van der Waals surface area contributed by atoms with Gasteiger partial charge in [-0.1, -0.05) is 35.5 Å². The van der Waals surface area contributed by atoms with Gasteiger partial charge in [-0.05, 0) is 19.4 Å². The molecule has 1 aromatic heterocycles. The van der Waals surface area contributed by atoms with Crippen molar-refractivity contribution in [2.75, 3.05) is 7.05 Å². The summed E-state index contributed by atoms with van der Waals surface area (Å²) >= 11 is 0. The van der Waals surface area contributed by atoms with Crippen LogP contribution in [0.2, 0.25) is 0 Å². The molecule has 0 aliphatic rings. The first kappa shape index (κ1) is 17.2. The molecule has 2 rings (SSSR count). The maximum Gasteiger partial charge on any atom is 0.240 e. The van der Waals surface area contributed by atoms with Crippen LogP contribution in [-0.2, 0) is 26.9 Å². The number of sulfone groups is 1. The molecule has 6 nitrogen and oxygen atoms in total. The molecule has 0 bridgehead atoms. The third-order valence-electron chi connectivity index (χ3n) is 3.55. The van der Waals surface area contributed by atoms with Crippen LogP contribution in [-0.4, -0.2) is 36.7 Å². The summed E-state index contributed by atoms with van der Waals surface area (Å²) in [7, 11) is -2.05. The number of hydrogen-bond acceptors (Lipinski definition) is 5. The molecular weight excluding hydrogens is 316 g/mol. The molecule has 0 fully saturated rings. The van der Waals surface area contributed by atoms with Gasteiger partial charge in [-0.3, -0.25) is 4.79 Å². The molecule has 0 saturated heterocycles. The Morgan fingerprint density at radius 3 is 2.52 bits per heavy atom. The normalized spacial score (nSPS) is 12.8. The molecule has 1 amide bonds. The Kier molecular flexibility index (Phi) is 5.20. The number of nitrogens with zero attached hydrogens (tertiary/aromatic N) is 2. The van der Waals surface area contributed by atoms with E-state index in [1.165, 1.54) is 11.8 Å². The van der Waals surface area contributed by atoms with Gasteiger partial charge in [-0.15, -0.1) is 0 Å². The van der Waals surface area contributed by atoms with E-state index in [0.29, 0.717) is 18.0 Å². The van der Waals surface area contributed by atoms with Gasteiger partial charge in [0.1, 0.15) is 11.0 Å². The number of rotatable bonds is 6. The van der Waals surface area contributed by atoms with Gasteiger partial charge in [-0.2, -0.15) is 0 Å². The molecule has 23 heavy (non-hydrogen) atoms. The molecule has 1 atom stereocenters. The van der Waals surface area contributed by atoms with Crippen molar-refractivity contribution in [2.24, 2.45) is 0 Å². The molecule has 2 aromatic rings. The molecular formula is C16H20N2O4S. The van der Waals surface area contributed by atoms with E-state index in [4.69, 9.17) is 4.52 Å². The number of carbonyl (C=O) groups excluding carboxylic acids is 1. The number of aryl methyl sites for hydroxylation is 1. The van der Waals surface area contributed by atoms with E-state index in [1.807, 2.05) is 30.3 Å². The Hall–Kier alpha value is -2.15. The molecule has 0 radical (unpaired) electrons. The van der Waals surface area contributed by atoms with Crippen molar-refractivity contribution < 1.29 is 17.7 Å². The quantitative estimate of drug-likeness (QED) is 0.805. The predicted octanol–water partition coefficient (Wildman–Crippen LogP) is 1.94. The fraction of sp³-hybridized carbons (Fsp3) is 0.375. The number of aromatic nitrogens is 1. The maximum absolute atomic E-state index is 12.4. The lowest BCUT2D eigenvalue weighted by atomic mass is 10.2. The van der Waals surface area contributed by atoms with E-state index in [9.17, 15) is 13.2 Å². The molecule has 1 aromatic carbocycles. The standard InChI is InChI=1S/C16H20N2O4S/c1-12-9-15(17-22-12)11-23(20,21)13(2)16(19)18(3)10-14-7-5-4-6-8-14/h4-9,13H,10-11H2,1-3H3/t13-/m1/s1. The number of amides is 1. The Morgan fingerprint density at radius 1 is 1.30 bits per heavy atom. The fourth-order valence-electron chi connectivity index (χ4n) is 2.22. The Balaban J connectivity index is 2.05. The Morgan fingerprint density at radius 2 is 1.96 bits per heavy atom. The second-order valence-corrected chi connectivity index (χ2v) is 7.88. The highest BCUT2D eigenvalue weighted by molar-refractivity contribution is 7.92. The van der Waals surface area contributed by atoms with Gasteiger partial charge in [-0.25, -0.2) is 8.42 Å². The molecule has 0 aliphatic heterocycles. The fourth-order valence-corrected chi connectivity index (χ4v) is 3.50. The SMILES string of the molecule is Cc1cc(CS(=O)(=O)[C@H](C)C(=O)N(C)Cc2ccccc2)no1. The average Bonchev–Trinajstić information content (AvgIpc) is 2.91. The second-order valence-electron chi connectivity index (χ2n) is 5.56. The lowest BCUT2D eigenvalue weighted by Gasteiger charge is -2.21. The van der Waals surface area contributed by atoms with Crippen LogP contribution in [0.5, 0.6) is 0 Å². The molecule has 0 saturated carbocycles. The minimum absolute atomic E-state index is 0.309. The highest BCUT2D eigenvalue weighted by Crippen LogP contribution is 2.14. The van der Waals surface area contributed by atoms with Gasteiger partial charge in [0.25, 0.3) is 0 Å². The van der Waals surface area contributed by atoms with Crippen LogP contribution in [0.1, 0.15) is 23.9 Å². The van der Waals surface area contributed by atoms with E-state index in [2.05, 4.69) is 5.16 Å². The molecule has 1 heterocycles. The van der Waals surface area contributed by atoms with Crippen molar-refractivity contribution in [3.8, 4) is 0 Å². The summed E-state index contributed by atoms with van der Waals surface area (Å²) in [5.74, 6) is -0.208. The topological polar surface area (TPSA) is 80.5 Å². The van der Waals surface area contributed by atoms with Crippen molar-refractivity contribution in [2.45, 2.75) is 31.4 Å². The summed E-state index contributed by atoms with van der Waals surface area (Å²) in [6.07, 6.45) is 0. The zero-order valence-electron chi connectivity index (χ0n) is 13.4. The van der Waals surface area contributed by atoms with Crippen LogP contribution in [0.3, 0.4) is 0 Å². The summed E-state index contributed by atoms with van der Waals surface area (Å²) in [5, 5.41) is 2.54. The van der Waals surface area contributed by atoms with Crippen LogP contribution in [0, 0.1) is 6.92 Å². The number of benzene rings is 1. The van der Waals surface area contributed by atoms with E-state index in [1.54, 1.807) is 20.0 Å². The van der Waals surface area contributed by atoms with E-state index in [0.717, 1.165) is 5.56 Å². The third kappa shape index (κ3) is 4.41. The first-order valence-electron chi connectivity index (χ1n) is 7.22. The Bertz CT molecular complexity index is 768. The monoisotopic (exact) mass is 336 g/mol. The van der Waals surface area contributed by atoms with Gasteiger partial charge in [0, 0.05) is 19.7 Å². The minimum atomic E-state index is -3.65. The highest BCUT2D eigenvalue weighted by Gasteiger charge is 2.31. The minimum Gasteiger partial charge on any atom is -0.361 e. The molecule has 124 valence electrons. The second kappa shape index (κ2) is 6.95. The van der Waals surface area contributed by atoms with Crippen molar-refractivity contribution in [3.63, 3.8) is 0 Å². The van der Waals surface area contributed by atoms with E-state index >= 15 is 0 Å². The largest absolute Gasteiger partial charge is 0.361 e. The van der Waals surface area contributed by atoms with Gasteiger partial charge in [0.15, 0.2) is 9.84 Å². The summed E-state index contributed by atoms with van der Waals surface area (Å²) in [4.78, 5) is 13.8. The smallest absolute Gasteiger partial charge is 0.240 e. The highest BCUT2D eigenvalue weighted by atomic mass is 32.2. The lowest BCUT2D eigenvalue weighted by Crippen LogP contribution is -2.39. The van der Waals surface area contributed by atoms with Crippen molar-refractivity contribution >= 4 is 15.7 Å². The molecule has 7 heteroatoms. The molecule has 0 unspecified atom stereocenters. The van der Waals surface area contributed by atoms with Crippen molar-refractivity contribution in [1.82, 2.24) is 10.1 Å². The maximum atomic E-state index is 12.4. The van der Waals surface area contributed by atoms with Gasteiger partial charge < -0.3 is 9.42 Å². The van der Waals surface area contributed by atoms with Crippen LogP contribution in [0.4, 0.5) is 0 Å². The molecule has 0 spiro atoms. The van der Waals surface area contributed by atoms with Gasteiger partial charge >= 0.3 is 0 Å². The summed E-state index contributed by atoms with van der Waals surface area (Å²) < 4.78 is 29.6. The zero-order valence-corrected chi connectivity index (χ0v) is 14.2. The third-order valence-corrected chi connectivity index (χ3v) is 5.53. The molecule has 0 aliphatic carbocycles. The first-order chi connectivity index (χ1) is 10.8. The average molecular weight is 336 g/mol. The van der Waals surface area contributed by atoms with E-state index in [-0.39, 0.29) is 5.75 Å². The van der Waals surface area contributed by atoms with E-state index < -0.39 is 21.0 Å². The number of hydrogen-bond donors (Lipinski definition) is 0. The predicted molar refractivity (Wildman–Crippen MR) is 86.2 cm³/mol. The van der Waals surface area contributed by atoms with Crippen LogP contribution in [0.15, 0.2) is 40.9 Å². The summed E-state index contributed by atoms with van der Waals surface area (Å²) in [5.41, 5.74) is 1.26. The summed E-state index contributed by atoms with van der Waals surface area (Å²) in [6, 6.07) is 11.0. The van der Waals surface area contributed by atoms with Gasteiger partial charge in [0.05, 0.1) is 11.4 Å². The van der Waals surface area contributed by atoms with Crippen molar-refractivity contribution in [1.29, 1.82) is 0 Å². The number of carbonyl (C=O) groups is 1. The lowest BCUT2D eigenvalue weighted by molar-refractivity contribution is -0.129. The summed E-state index contributed by atoms with van der Waals surface area (Å²) in [6.45, 7) is 3.46.